The number of benzene rings is 2. The van der Waals surface area contributed by atoms with Gasteiger partial charge in [0, 0.05) is 19.8 Å². The molecule has 0 aromatic heterocycles. The van der Waals surface area contributed by atoms with Gasteiger partial charge in [0.2, 0.25) is 10.0 Å². The van der Waals surface area contributed by atoms with Crippen molar-refractivity contribution in [2.75, 3.05) is 33.5 Å². The van der Waals surface area contributed by atoms with Crippen LogP contribution in [0, 0.1) is 5.92 Å². The van der Waals surface area contributed by atoms with Crippen LogP contribution < -0.4 is 4.74 Å². The average molecular weight is 528 g/mol. The Morgan fingerprint density at radius 2 is 1.83 bits per heavy atom. The molecule has 11 heteroatoms. The normalized spacial score (nSPS) is 19.8. The summed E-state index contributed by atoms with van der Waals surface area (Å²) in [6.45, 7) is 1.66. The van der Waals surface area contributed by atoms with Gasteiger partial charge in [-0.1, -0.05) is 18.2 Å². The molecule has 2 fully saturated rings. The van der Waals surface area contributed by atoms with E-state index < -0.39 is 33.8 Å². The third-order valence-electron chi connectivity index (χ3n) is 6.61. The maximum Gasteiger partial charge on any atom is 0.416 e. The van der Waals surface area contributed by atoms with Crippen molar-refractivity contribution in [1.82, 2.24) is 4.31 Å². The molecule has 0 amide bonds. The molecule has 2 aliphatic heterocycles. The Hall–Kier alpha value is -2.63. The maximum atomic E-state index is 13.6. The molecule has 1 unspecified atom stereocenters. The smallest absolute Gasteiger partial charge is 0.416 e. The summed E-state index contributed by atoms with van der Waals surface area (Å²) in [7, 11) is -3.05. The lowest BCUT2D eigenvalue weighted by Crippen LogP contribution is -2.32. The van der Waals surface area contributed by atoms with Crippen LogP contribution in [0.25, 0.3) is 0 Å². The van der Waals surface area contributed by atoms with E-state index in [1.807, 2.05) is 0 Å². The molecule has 0 saturated carbocycles. The minimum Gasteiger partial charge on any atom is -0.492 e. The average Bonchev–Trinajstić information content (AvgIpc) is 3.38. The Kier molecular flexibility index (Phi) is 7.91. The van der Waals surface area contributed by atoms with Gasteiger partial charge in [0.1, 0.15) is 11.3 Å². The lowest BCUT2D eigenvalue weighted by molar-refractivity contribution is -0.138. The molecule has 2 aromatic carbocycles. The molecule has 4 rings (SSSR count). The topological polar surface area (TPSA) is 82.1 Å². The summed E-state index contributed by atoms with van der Waals surface area (Å²) in [6, 6.07) is 7.92. The van der Waals surface area contributed by atoms with Crippen LogP contribution in [0.3, 0.4) is 0 Å². The number of alkyl halides is 3. The van der Waals surface area contributed by atoms with Gasteiger partial charge < -0.3 is 14.2 Å². The van der Waals surface area contributed by atoms with Gasteiger partial charge in [0.05, 0.1) is 30.2 Å². The molecule has 0 N–H and O–H groups in total. The summed E-state index contributed by atoms with van der Waals surface area (Å²) < 4.78 is 85.2. The third kappa shape index (κ3) is 5.52. The largest absolute Gasteiger partial charge is 0.492 e. The maximum absolute atomic E-state index is 13.6. The van der Waals surface area contributed by atoms with Crippen LogP contribution in [0.5, 0.6) is 5.75 Å². The van der Waals surface area contributed by atoms with Crippen molar-refractivity contribution in [2.24, 2.45) is 5.92 Å². The van der Waals surface area contributed by atoms with Crippen molar-refractivity contribution in [1.29, 1.82) is 0 Å². The standard InChI is InChI=1S/C25H28F3NO6S/c1-33-24(30)20-15-18(8-9-23(20)35-16-17-10-13-34-14-11-17)36(31,32)29-12-4-7-22(29)19-5-2-3-6-21(19)25(26,27)28/h2-3,5-6,8-9,15,17,22H,4,7,10-14,16H2,1H3. The van der Waals surface area contributed by atoms with Crippen molar-refractivity contribution < 1.29 is 40.6 Å². The fraction of sp³-hybridized carbons (Fsp3) is 0.480. The molecule has 1 atom stereocenters. The first-order chi connectivity index (χ1) is 17.1. The van der Waals surface area contributed by atoms with Crippen LogP contribution in [-0.2, 0) is 25.7 Å². The highest BCUT2D eigenvalue weighted by molar-refractivity contribution is 7.89. The van der Waals surface area contributed by atoms with E-state index in [4.69, 9.17) is 14.2 Å². The van der Waals surface area contributed by atoms with E-state index in [9.17, 15) is 26.4 Å². The zero-order valence-corrected chi connectivity index (χ0v) is 20.6. The number of hydrogen-bond donors (Lipinski definition) is 0. The number of esters is 1. The first kappa shape index (κ1) is 26.4. The number of ether oxygens (including phenoxy) is 3. The van der Waals surface area contributed by atoms with E-state index in [1.54, 1.807) is 0 Å². The van der Waals surface area contributed by atoms with Gasteiger partial charge in [-0.05, 0) is 61.4 Å². The van der Waals surface area contributed by atoms with Crippen LogP contribution in [0.4, 0.5) is 13.2 Å². The quantitative estimate of drug-likeness (QED) is 0.480. The van der Waals surface area contributed by atoms with Crippen LogP contribution in [0.1, 0.15) is 53.2 Å². The zero-order valence-electron chi connectivity index (χ0n) is 19.8. The van der Waals surface area contributed by atoms with Crippen molar-refractivity contribution in [2.45, 2.75) is 42.8 Å². The summed E-state index contributed by atoms with van der Waals surface area (Å²) in [5, 5.41) is 0. The number of methoxy groups -OCH3 is 1. The van der Waals surface area contributed by atoms with E-state index in [1.165, 1.54) is 43.5 Å². The van der Waals surface area contributed by atoms with Gasteiger partial charge in [-0.15, -0.1) is 0 Å². The van der Waals surface area contributed by atoms with Crippen molar-refractivity contribution in [3.63, 3.8) is 0 Å². The van der Waals surface area contributed by atoms with Gasteiger partial charge in [-0.25, -0.2) is 13.2 Å². The number of hydrogen-bond acceptors (Lipinski definition) is 6. The Balaban J connectivity index is 1.64. The highest BCUT2D eigenvalue weighted by Gasteiger charge is 2.42. The fourth-order valence-corrected chi connectivity index (χ4v) is 6.41. The summed E-state index contributed by atoms with van der Waals surface area (Å²) in [5.74, 6) is -0.339. The lowest BCUT2D eigenvalue weighted by atomic mass is 9.99. The van der Waals surface area contributed by atoms with Gasteiger partial charge in [0.25, 0.3) is 0 Å². The zero-order chi connectivity index (χ0) is 25.9. The highest BCUT2D eigenvalue weighted by atomic mass is 32.2. The summed E-state index contributed by atoms with van der Waals surface area (Å²) >= 11 is 0. The molecule has 0 spiro atoms. The third-order valence-corrected chi connectivity index (χ3v) is 8.51. The molecule has 196 valence electrons. The number of carbonyl (C=O) groups excluding carboxylic acids is 1. The van der Waals surface area contributed by atoms with E-state index >= 15 is 0 Å². The van der Waals surface area contributed by atoms with Crippen LogP contribution in [-0.4, -0.2) is 52.2 Å². The number of sulfonamides is 1. The SMILES string of the molecule is COC(=O)c1cc(S(=O)(=O)N2CCCC2c2ccccc2C(F)(F)F)ccc1OCC1CCOCC1. The fourth-order valence-electron chi connectivity index (χ4n) is 4.71. The number of carbonyl (C=O) groups is 1. The Labute approximate surface area is 208 Å². The summed E-state index contributed by atoms with van der Waals surface area (Å²) in [6.07, 6.45) is -2.32. The Morgan fingerprint density at radius 3 is 2.53 bits per heavy atom. The van der Waals surface area contributed by atoms with Crippen LogP contribution in [0.2, 0.25) is 0 Å². The molecule has 2 saturated heterocycles. The molecule has 0 aliphatic carbocycles. The van der Waals surface area contributed by atoms with Crippen LogP contribution in [0.15, 0.2) is 47.4 Å². The number of nitrogens with zero attached hydrogens (tertiary/aromatic N) is 1. The summed E-state index contributed by atoms with van der Waals surface area (Å²) in [5.41, 5.74) is -1.00. The van der Waals surface area contributed by atoms with E-state index in [0.29, 0.717) is 26.2 Å². The second kappa shape index (κ2) is 10.8. The second-order valence-corrected chi connectivity index (χ2v) is 10.8. The number of halogens is 3. The minimum atomic E-state index is -4.61. The molecule has 0 bridgehead atoms. The van der Waals surface area contributed by atoms with Gasteiger partial charge >= 0.3 is 12.1 Å². The molecule has 7 nitrogen and oxygen atoms in total. The Bertz CT molecular complexity index is 1190. The van der Waals surface area contributed by atoms with E-state index in [2.05, 4.69) is 0 Å². The van der Waals surface area contributed by atoms with Crippen molar-refractivity contribution in [3.05, 3.63) is 59.2 Å². The van der Waals surface area contributed by atoms with Crippen LogP contribution >= 0.6 is 0 Å². The predicted molar refractivity (Wildman–Crippen MR) is 124 cm³/mol. The molecule has 2 aromatic rings. The first-order valence-electron chi connectivity index (χ1n) is 11.7. The highest BCUT2D eigenvalue weighted by Crippen LogP contribution is 2.42. The van der Waals surface area contributed by atoms with Gasteiger partial charge in [-0.2, -0.15) is 17.5 Å². The molecule has 2 heterocycles. The Morgan fingerprint density at radius 1 is 1.11 bits per heavy atom. The van der Waals surface area contributed by atoms with E-state index in [0.717, 1.165) is 23.2 Å². The lowest BCUT2D eigenvalue weighted by Gasteiger charge is -2.27. The number of rotatable bonds is 7. The van der Waals surface area contributed by atoms with Crippen molar-refractivity contribution >= 4 is 16.0 Å². The van der Waals surface area contributed by atoms with Gasteiger partial charge in [0.15, 0.2) is 0 Å². The second-order valence-electron chi connectivity index (χ2n) is 8.88. The monoisotopic (exact) mass is 527 g/mol. The minimum absolute atomic E-state index is 0.0583. The summed E-state index contributed by atoms with van der Waals surface area (Å²) in [4.78, 5) is 12.3. The molecular weight excluding hydrogens is 499 g/mol. The van der Waals surface area contributed by atoms with E-state index in [-0.39, 0.29) is 40.7 Å². The molecule has 2 aliphatic rings. The molecule has 36 heavy (non-hydrogen) atoms. The molecular formula is C25H28F3NO6S. The predicted octanol–water partition coefficient (Wildman–Crippen LogP) is 4.82. The van der Waals surface area contributed by atoms with Crippen molar-refractivity contribution in [3.8, 4) is 5.75 Å². The first-order valence-corrected chi connectivity index (χ1v) is 13.2. The van der Waals surface area contributed by atoms with Gasteiger partial charge in [-0.3, -0.25) is 0 Å². The molecule has 0 radical (unpaired) electrons.